The molecule has 1 amide bonds. The molecule has 2 aliphatic rings. The lowest BCUT2D eigenvalue weighted by atomic mass is 9.90. The van der Waals surface area contributed by atoms with E-state index >= 15 is 0 Å². The lowest BCUT2D eigenvalue weighted by Crippen LogP contribution is -2.51. The molecule has 11 heteroatoms. The van der Waals surface area contributed by atoms with Crippen LogP contribution in [0, 0.1) is 5.92 Å². The van der Waals surface area contributed by atoms with Gasteiger partial charge in [-0.3, -0.25) is 14.7 Å². The van der Waals surface area contributed by atoms with Crippen molar-refractivity contribution in [2.45, 2.75) is 38.6 Å². The highest BCUT2D eigenvalue weighted by Gasteiger charge is 2.39. The van der Waals surface area contributed by atoms with Gasteiger partial charge in [0.25, 0.3) is 5.91 Å². The SMILES string of the molecule is C[C@@H]1[C@H](CN2CCN(c3ncccn3)CC2)O[C@H](c2ccc(CNC(=O)c3cnc4ccccc4n3)cc2)O[C@@H]1c1ccc(CO)cc1. The zero-order valence-corrected chi connectivity index (χ0v) is 26.9. The second-order valence-electron chi connectivity index (χ2n) is 12.3. The molecule has 2 saturated heterocycles. The first kappa shape index (κ1) is 31.8. The summed E-state index contributed by atoms with van der Waals surface area (Å²) in [6, 6.07) is 25.3. The molecule has 3 aromatic carbocycles. The van der Waals surface area contributed by atoms with Crippen LogP contribution >= 0.6 is 0 Å². The molecule has 5 aromatic rings. The lowest BCUT2D eigenvalue weighted by Gasteiger charge is -2.44. The molecule has 0 radical (unpaired) electrons. The molecule has 2 N–H and O–H groups in total. The van der Waals surface area contributed by atoms with E-state index in [2.05, 4.69) is 42.0 Å². The molecule has 2 fully saturated rings. The van der Waals surface area contributed by atoms with Crippen molar-refractivity contribution in [3.8, 4) is 0 Å². The van der Waals surface area contributed by atoms with Gasteiger partial charge >= 0.3 is 0 Å². The molecular formula is C37H39N7O4. The maximum Gasteiger partial charge on any atom is 0.271 e. The van der Waals surface area contributed by atoms with Crippen LogP contribution < -0.4 is 10.2 Å². The number of aliphatic hydroxyl groups is 1. The number of carbonyl (C=O) groups is 1. The molecule has 2 aliphatic heterocycles. The smallest absolute Gasteiger partial charge is 0.271 e. The van der Waals surface area contributed by atoms with Gasteiger partial charge in [-0.05, 0) is 34.9 Å². The topological polar surface area (TPSA) is 126 Å². The van der Waals surface area contributed by atoms with E-state index < -0.39 is 6.29 Å². The van der Waals surface area contributed by atoms with Gasteiger partial charge in [0, 0.05) is 63.1 Å². The summed E-state index contributed by atoms with van der Waals surface area (Å²) in [6.45, 7) is 6.78. The number of aromatic nitrogens is 4. The third-order valence-corrected chi connectivity index (χ3v) is 9.15. The maximum absolute atomic E-state index is 12.8. The maximum atomic E-state index is 12.8. The zero-order valence-electron chi connectivity index (χ0n) is 26.9. The molecule has 246 valence electrons. The number of hydrogen-bond donors (Lipinski definition) is 2. The number of para-hydroxylation sites is 2. The van der Waals surface area contributed by atoms with Gasteiger partial charge in [-0.2, -0.15) is 0 Å². The van der Waals surface area contributed by atoms with Crippen molar-refractivity contribution >= 4 is 22.9 Å². The van der Waals surface area contributed by atoms with Gasteiger partial charge in [0.2, 0.25) is 5.95 Å². The molecule has 0 spiro atoms. The second kappa shape index (κ2) is 14.5. The Kier molecular flexibility index (Phi) is 9.62. The first-order chi connectivity index (χ1) is 23.5. The van der Waals surface area contributed by atoms with E-state index in [9.17, 15) is 9.90 Å². The van der Waals surface area contributed by atoms with Crippen molar-refractivity contribution < 1.29 is 19.4 Å². The zero-order chi connectivity index (χ0) is 32.9. The largest absolute Gasteiger partial charge is 0.392 e. The fourth-order valence-corrected chi connectivity index (χ4v) is 6.30. The van der Waals surface area contributed by atoms with Gasteiger partial charge in [0.05, 0.1) is 36.0 Å². The minimum Gasteiger partial charge on any atom is -0.392 e. The highest BCUT2D eigenvalue weighted by molar-refractivity contribution is 5.93. The number of hydrogen-bond acceptors (Lipinski definition) is 10. The van der Waals surface area contributed by atoms with E-state index in [1.54, 1.807) is 12.4 Å². The first-order valence-electron chi connectivity index (χ1n) is 16.4. The molecule has 0 bridgehead atoms. The molecule has 2 aromatic heterocycles. The summed E-state index contributed by atoms with van der Waals surface area (Å²) in [4.78, 5) is 35.1. The Morgan fingerprint density at radius 3 is 2.25 bits per heavy atom. The molecule has 11 nitrogen and oxygen atoms in total. The number of aliphatic hydroxyl groups excluding tert-OH is 1. The number of amides is 1. The highest BCUT2D eigenvalue weighted by Crippen LogP contribution is 2.42. The van der Waals surface area contributed by atoms with Crippen LogP contribution in [0.4, 0.5) is 5.95 Å². The summed E-state index contributed by atoms with van der Waals surface area (Å²) < 4.78 is 13.4. The second-order valence-corrected chi connectivity index (χ2v) is 12.3. The van der Waals surface area contributed by atoms with Crippen molar-refractivity contribution in [3.63, 3.8) is 0 Å². The van der Waals surface area contributed by atoms with Crippen molar-refractivity contribution in [2.75, 3.05) is 37.6 Å². The number of anilines is 1. The Bertz CT molecular complexity index is 1820. The fraction of sp³-hybridized carbons (Fsp3) is 0.324. The Morgan fingerprint density at radius 2 is 1.52 bits per heavy atom. The van der Waals surface area contributed by atoms with E-state index in [0.717, 1.165) is 66.4 Å². The Morgan fingerprint density at radius 1 is 0.833 bits per heavy atom. The molecular weight excluding hydrogens is 606 g/mol. The molecule has 4 heterocycles. The number of benzene rings is 3. The number of nitrogens with one attached hydrogen (secondary N) is 1. The van der Waals surface area contributed by atoms with Crippen LogP contribution in [0.1, 0.15) is 52.1 Å². The van der Waals surface area contributed by atoms with Crippen molar-refractivity contribution in [1.29, 1.82) is 0 Å². The predicted octanol–water partition coefficient (Wildman–Crippen LogP) is 4.46. The lowest BCUT2D eigenvalue weighted by molar-refractivity contribution is -0.276. The standard InChI is InChI=1S/C37H39N7O4/c1-25-33(23-43-17-19-44(20-18-43)37-38-15-4-16-39-37)47-36(48-34(25)28-11-9-27(24-45)10-12-28)29-13-7-26(8-14-29)21-41-35(46)32-22-40-30-5-2-3-6-31(30)42-32/h2-16,22,25,33-34,36,45H,17-21,23-24H2,1H3,(H,41,46)/t25-,33+,34+,36+/m1/s1. The average Bonchev–Trinajstić information content (AvgIpc) is 3.15. The first-order valence-corrected chi connectivity index (χ1v) is 16.4. The van der Waals surface area contributed by atoms with Crippen LogP contribution in [-0.4, -0.2) is 74.7 Å². The number of fused-ring (bicyclic) bond motifs is 1. The molecule has 0 unspecified atom stereocenters. The minimum atomic E-state index is -0.566. The summed E-state index contributed by atoms with van der Waals surface area (Å²) in [7, 11) is 0. The van der Waals surface area contributed by atoms with Gasteiger partial charge in [0.1, 0.15) is 5.69 Å². The minimum absolute atomic E-state index is 0.00181. The van der Waals surface area contributed by atoms with Gasteiger partial charge in [-0.25, -0.2) is 15.0 Å². The van der Waals surface area contributed by atoms with Crippen LogP contribution in [-0.2, 0) is 22.6 Å². The molecule has 0 saturated carbocycles. The van der Waals surface area contributed by atoms with Crippen LogP contribution in [0.25, 0.3) is 11.0 Å². The summed E-state index contributed by atoms with van der Waals surface area (Å²) in [5.41, 5.74) is 5.48. The van der Waals surface area contributed by atoms with Crippen LogP contribution in [0.15, 0.2) is 97.5 Å². The van der Waals surface area contributed by atoms with Gasteiger partial charge < -0.3 is 24.8 Å². The third-order valence-electron chi connectivity index (χ3n) is 9.15. The number of ether oxygens (including phenoxy) is 2. The molecule has 7 rings (SSSR count). The van der Waals surface area contributed by atoms with Crippen molar-refractivity contribution in [1.82, 2.24) is 30.2 Å². The van der Waals surface area contributed by atoms with E-state index in [0.29, 0.717) is 12.1 Å². The normalized spacial score (nSPS) is 21.7. The molecule has 4 atom stereocenters. The monoisotopic (exact) mass is 645 g/mol. The van der Waals surface area contributed by atoms with Crippen LogP contribution in [0.2, 0.25) is 0 Å². The van der Waals surface area contributed by atoms with Gasteiger partial charge in [0.15, 0.2) is 6.29 Å². The van der Waals surface area contributed by atoms with E-state index in [1.807, 2.05) is 78.9 Å². The van der Waals surface area contributed by atoms with Crippen LogP contribution in [0.3, 0.4) is 0 Å². The number of nitrogens with zero attached hydrogens (tertiary/aromatic N) is 6. The van der Waals surface area contributed by atoms with Crippen LogP contribution in [0.5, 0.6) is 0 Å². The fourth-order valence-electron chi connectivity index (χ4n) is 6.30. The third kappa shape index (κ3) is 7.19. The predicted molar refractivity (Wildman–Crippen MR) is 181 cm³/mol. The summed E-state index contributed by atoms with van der Waals surface area (Å²) >= 11 is 0. The Hall–Kier alpha value is -4.81. The number of carbonyl (C=O) groups excluding carboxylic acids is 1. The summed E-state index contributed by atoms with van der Waals surface area (Å²) in [5, 5.41) is 12.5. The average molecular weight is 646 g/mol. The summed E-state index contributed by atoms with van der Waals surface area (Å²) in [6.07, 6.45) is 4.23. The van der Waals surface area contributed by atoms with E-state index in [1.165, 1.54) is 6.20 Å². The van der Waals surface area contributed by atoms with Crippen molar-refractivity contribution in [2.24, 2.45) is 5.92 Å². The number of piperazine rings is 1. The molecule has 0 aliphatic carbocycles. The van der Waals surface area contributed by atoms with E-state index in [-0.39, 0.29) is 36.3 Å². The van der Waals surface area contributed by atoms with E-state index in [4.69, 9.17) is 9.47 Å². The number of rotatable bonds is 9. The quantitative estimate of drug-likeness (QED) is 0.237. The highest BCUT2D eigenvalue weighted by atomic mass is 16.7. The summed E-state index contributed by atoms with van der Waals surface area (Å²) in [5.74, 6) is 0.578. The van der Waals surface area contributed by atoms with Gasteiger partial charge in [-0.15, -0.1) is 0 Å². The van der Waals surface area contributed by atoms with Crippen molar-refractivity contribution in [3.05, 3.63) is 125 Å². The molecule has 48 heavy (non-hydrogen) atoms. The Labute approximate surface area is 279 Å². The Balaban J connectivity index is 1.03. The van der Waals surface area contributed by atoms with Gasteiger partial charge in [-0.1, -0.05) is 67.6 Å².